The van der Waals surface area contributed by atoms with Gasteiger partial charge in [-0.1, -0.05) is 0 Å². The Labute approximate surface area is 122 Å². The zero-order valence-corrected chi connectivity index (χ0v) is 12.7. The van der Waals surface area contributed by atoms with Gasteiger partial charge >= 0.3 is 5.97 Å². The normalized spacial score (nSPS) is 11.9. The topological polar surface area (TPSA) is 83.5 Å². The number of hydrogen-bond donors (Lipinski definition) is 2. The van der Waals surface area contributed by atoms with Crippen LogP contribution in [0.3, 0.4) is 0 Å². The molecule has 0 saturated carbocycles. The average Bonchev–Trinajstić information content (AvgIpc) is 2.64. The number of hydrogen-bond acceptors (Lipinski definition) is 4. The summed E-state index contributed by atoms with van der Waals surface area (Å²) in [6.07, 6.45) is 0.0995. The monoisotopic (exact) mass is 297 g/mol. The van der Waals surface area contributed by atoms with E-state index in [2.05, 4.69) is 5.32 Å². The fourth-order valence-corrected chi connectivity index (χ4v) is 2.87. The van der Waals surface area contributed by atoms with E-state index in [1.807, 2.05) is 19.9 Å². The van der Waals surface area contributed by atoms with Crippen LogP contribution >= 0.6 is 11.3 Å². The first kappa shape index (κ1) is 16.4. The van der Waals surface area contributed by atoms with Crippen molar-refractivity contribution in [1.82, 2.24) is 5.32 Å². The minimum atomic E-state index is -0.960. The summed E-state index contributed by atoms with van der Waals surface area (Å²) in [6.45, 7) is 5.45. The lowest BCUT2D eigenvalue weighted by Gasteiger charge is -2.11. The molecule has 1 unspecified atom stereocenters. The highest BCUT2D eigenvalue weighted by atomic mass is 32.1. The number of carbonyl (C=O) groups excluding carboxylic acids is 2. The minimum absolute atomic E-state index is 0.0483. The van der Waals surface area contributed by atoms with Crippen molar-refractivity contribution in [3.8, 4) is 0 Å². The molecule has 0 aliphatic rings. The number of nitrogens with one attached hydrogen (secondary N) is 1. The van der Waals surface area contributed by atoms with Crippen molar-refractivity contribution in [3.05, 3.63) is 21.4 Å². The number of thiophene rings is 1. The van der Waals surface area contributed by atoms with Crippen molar-refractivity contribution >= 4 is 29.0 Å². The molecular weight excluding hydrogens is 278 g/mol. The van der Waals surface area contributed by atoms with Gasteiger partial charge in [0.25, 0.3) is 0 Å². The van der Waals surface area contributed by atoms with Crippen LogP contribution in [-0.4, -0.2) is 28.8 Å². The predicted molar refractivity (Wildman–Crippen MR) is 77.2 cm³/mol. The van der Waals surface area contributed by atoms with Crippen molar-refractivity contribution < 1.29 is 19.5 Å². The van der Waals surface area contributed by atoms with E-state index in [1.54, 1.807) is 18.3 Å². The van der Waals surface area contributed by atoms with E-state index in [-0.39, 0.29) is 31.0 Å². The van der Waals surface area contributed by atoms with Crippen LogP contribution in [0.1, 0.15) is 46.3 Å². The Kier molecular flexibility index (Phi) is 5.88. The van der Waals surface area contributed by atoms with Gasteiger partial charge in [0.2, 0.25) is 5.91 Å². The van der Waals surface area contributed by atoms with Crippen LogP contribution in [-0.2, 0) is 9.59 Å². The van der Waals surface area contributed by atoms with Crippen LogP contribution < -0.4 is 5.32 Å². The van der Waals surface area contributed by atoms with Gasteiger partial charge in [-0.05, 0) is 26.8 Å². The molecule has 0 radical (unpaired) electrons. The molecular formula is C14H19NO4S. The number of carboxylic acids is 1. The van der Waals surface area contributed by atoms with Crippen LogP contribution in [0.5, 0.6) is 0 Å². The molecule has 0 fully saturated rings. The van der Waals surface area contributed by atoms with Crippen molar-refractivity contribution in [3.63, 3.8) is 0 Å². The summed E-state index contributed by atoms with van der Waals surface area (Å²) in [7, 11) is 0. The van der Waals surface area contributed by atoms with Crippen molar-refractivity contribution in [1.29, 1.82) is 0 Å². The second-order valence-corrected chi connectivity index (χ2v) is 6.28. The molecule has 0 saturated heterocycles. The average molecular weight is 297 g/mol. The van der Waals surface area contributed by atoms with Crippen LogP contribution in [0.25, 0.3) is 0 Å². The number of rotatable bonds is 7. The van der Waals surface area contributed by atoms with Gasteiger partial charge in [0, 0.05) is 34.2 Å². The van der Waals surface area contributed by atoms with Gasteiger partial charge in [-0.25, -0.2) is 0 Å². The molecule has 2 N–H and O–H groups in total. The second kappa shape index (κ2) is 7.19. The zero-order chi connectivity index (χ0) is 15.3. The van der Waals surface area contributed by atoms with E-state index in [0.717, 1.165) is 9.75 Å². The Morgan fingerprint density at radius 3 is 2.45 bits per heavy atom. The first-order valence-electron chi connectivity index (χ1n) is 6.41. The standard InChI is InChI=1S/C14H19NO4S/c1-8(6-14(18)19)15-13(17)5-4-12(16)11-7-9(2)20-10(11)3/h7-8H,4-6H2,1-3H3,(H,15,17)(H,18,19). The number of amides is 1. The number of aliphatic carboxylic acids is 1. The Bertz CT molecular complexity index is 521. The molecule has 110 valence electrons. The van der Waals surface area contributed by atoms with E-state index in [0.29, 0.717) is 5.56 Å². The largest absolute Gasteiger partial charge is 0.481 e. The maximum Gasteiger partial charge on any atom is 0.305 e. The van der Waals surface area contributed by atoms with Crippen LogP contribution in [0.2, 0.25) is 0 Å². The molecule has 0 spiro atoms. The molecule has 0 aliphatic heterocycles. The number of aryl methyl sites for hydroxylation is 2. The highest BCUT2D eigenvalue weighted by Crippen LogP contribution is 2.22. The van der Waals surface area contributed by atoms with Crippen molar-refractivity contribution in [2.24, 2.45) is 0 Å². The molecule has 1 aromatic rings. The molecule has 1 atom stereocenters. The third-order valence-electron chi connectivity index (χ3n) is 2.81. The van der Waals surface area contributed by atoms with Crippen LogP contribution in [0.15, 0.2) is 6.07 Å². The number of Topliss-reactive ketones (excluding diaryl/α,β-unsaturated/α-hetero) is 1. The summed E-state index contributed by atoms with van der Waals surface area (Å²) in [6, 6.07) is 1.41. The number of ketones is 1. The predicted octanol–water partition coefficient (Wildman–Crippen LogP) is 2.31. The zero-order valence-electron chi connectivity index (χ0n) is 11.9. The van der Waals surface area contributed by atoms with Gasteiger partial charge in [0.1, 0.15) is 0 Å². The van der Waals surface area contributed by atoms with Gasteiger partial charge < -0.3 is 10.4 Å². The summed E-state index contributed by atoms with van der Waals surface area (Å²) in [5.74, 6) is -1.30. The molecule has 1 rings (SSSR count). The first-order valence-corrected chi connectivity index (χ1v) is 7.22. The Balaban J connectivity index is 2.43. The van der Waals surface area contributed by atoms with Gasteiger partial charge in [-0.2, -0.15) is 0 Å². The smallest absolute Gasteiger partial charge is 0.305 e. The summed E-state index contributed by atoms with van der Waals surface area (Å²) >= 11 is 1.56. The lowest BCUT2D eigenvalue weighted by molar-refractivity contribution is -0.137. The highest BCUT2D eigenvalue weighted by molar-refractivity contribution is 7.12. The summed E-state index contributed by atoms with van der Waals surface area (Å²) < 4.78 is 0. The van der Waals surface area contributed by atoms with Crippen LogP contribution in [0, 0.1) is 13.8 Å². The first-order chi connectivity index (χ1) is 9.29. The van der Waals surface area contributed by atoms with E-state index < -0.39 is 12.0 Å². The fourth-order valence-electron chi connectivity index (χ4n) is 1.93. The summed E-state index contributed by atoms with van der Waals surface area (Å²) in [4.78, 5) is 36.1. The lowest BCUT2D eigenvalue weighted by atomic mass is 10.1. The van der Waals surface area contributed by atoms with Crippen LogP contribution in [0.4, 0.5) is 0 Å². The van der Waals surface area contributed by atoms with E-state index in [9.17, 15) is 14.4 Å². The number of carboxylic acid groups (broad SMARTS) is 1. The van der Waals surface area contributed by atoms with E-state index in [1.165, 1.54) is 0 Å². The lowest BCUT2D eigenvalue weighted by Crippen LogP contribution is -2.34. The van der Waals surface area contributed by atoms with Gasteiger partial charge in [0.15, 0.2) is 5.78 Å². The second-order valence-electron chi connectivity index (χ2n) is 4.82. The molecule has 1 aromatic heterocycles. The summed E-state index contributed by atoms with van der Waals surface area (Å²) in [5, 5.41) is 11.2. The maximum absolute atomic E-state index is 12.0. The molecule has 0 aliphatic carbocycles. The van der Waals surface area contributed by atoms with Crippen molar-refractivity contribution in [2.45, 2.75) is 46.1 Å². The fraction of sp³-hybridized carbons (Fsp3) is 0.500. The molecule has 0 bridgehead atoms. The summed E-state index contributed by atoms with van der Waals surface area (Å²) in [5.41, 5.74) is 0.680. The Hall–Kier alpha value is -1.69. The molecule has 6 heteroatoms. The van der Waals surface area contributed by atoms with E-state index in [4.69, 9.17) is 5.11 Å². The van der Waals surface area contributed by atoms with Gasteiger partial charge in [-0.15, -0.1) is 11.3 Å². The molecule has 20 heavy (non-hydrogen) atoms. The molecule has 1 heterocycles. The van der Waals surface area contributed by atoms with Gasteiger partial charge in [-0.3, -0.25) is 14.4 Å². The van der Waals surface area contributed by atoms with E-state index >= 15 is 0 Å². The van der Waals surface area contributed by atoms with Crippen molar-refractivity contribution in [2.75, 3.05) is 0 Å². The third-order valence-corrected chi connectivity index (χ3v) is 3.77. The molecule has 1 amide bonds. The quantitative estimate of drug-likeness (QED) is 0.756. The molecule has 5 nitrogen and oxygen atoms in total. The third kappa shape index (κ3) is 5.13. The van der Waals surface area contributed by atoms with Gasteiger partial charge in [0.05, 0.1) is 6.42 Å². The maximum atomic E-state index is 12.0. The minimum Gasteiger partial charge on any atom is -0.481 e. The highest BCUT2D eigenvalue weighted by Gasteiger charge is 2.15. The Morgan fingerprint density at radius 2 is 1.95 bits per heavy atom. The Morgan fingerprint density at radius 1 is 1.30 bits per heavy atom. The number of carbonyl (C=O) groups is 3. The molecule has 0 aromatic carbocycles. The SMILES string of the molecule is Cc1cc(C(=O)CCC(=O)NC(C)CC(=O)O)c(C)s1.